The maximum absolute atomic E-state index is 13.1. The number of amides is 2. The molecule has 1 aliphatic carbocycles. The highest BCUT2D eigenvalue weighted by Gasteiger charge is 2.35. The lowest BCUT2D eigenvalue weighted by Crippen LogP contribution is -2.41. The van der Waals surface area contributed by atoms with E-state index in [2.05, 4.69) is 17.4 Å². The predicted octanol–water partition coefficient (Wildman–Crippen LogP) is 2.31. The Kier molecular flexibility index (Phi) is 4.76. The molecule has 4 heteroatoms. The summed E-state index contributed by atoms with van der Waals surface area (Å²) in [6.07, 6.45) is 5.49. The molecule has 1 saturated heterocycles. The lowest BCUT2D eigenvalue weighted by Gasteiger charge is -2.29. The zero-order valence-corrected chi connectivity index (χ0v) is 13.0. The average molecular weight is 300 g/mol. The summed E-state index contributed by atoms with van der Waals surface area (Å²) in [7, 11) is 0. The number of rotatable bonds is 3. The zero-order valence-electron chi connectivity index (χ0n) is 13.0. The molecule has 1 N–H and O–H groups in total. The van der Waals surface area contributed by atoms with Crippen LogP contribution in [-0.2, 0) is 9.59 Å². The Morgan fingerprint density at radius 2 is 1.86 bits per heavy atom. The van der Waals surface area contributed by atoms with Crippen molar-refractivity contribution >= 4 is 11.8 Å². The summed E-state index contributed by atoms with van der Waals surface area (Å²) in [4.78, 5) is 26.7. The summed E-state index contributed by atoms with van der Waals surface area (Å²) in [5.41, 5.74) is 1.10. The Hall–Kier alpha value is -1.84. The molecule has 0 bridgehead atoms. The smallest absolute Gasteiger partial charge is 0.239 e. The van der Waals surface area contributed by atoms with Crippen molar-refractivity contribution in [3.8, 4) is 0 Å². The predicted molar refractivity (Wildman–Crippen MR) is 85.3 cm³/mol. The fraction of sp³-hybridized carbons (Fsp3) is 0.556. The molecule has 118 valence electrons. The molecule has 0 spiro atoms. The van der Waals surface area contributed by atoms with Crippen LogP contribution in [0.25, 0.3) is 0 Å². The fourth-order valence-electron chi connectivity index (χ4n) is 3.76. The molecule has 0 aromatic heterocycles. The highest BCUT2D eigenvalue weighted by molar-refractivity contribution is 5.89. The Balaban J connectivity index is 1.84. The molecule has 1 aromatic rings. The summed E-state index contributed by atoms with van der Waals surface area (Å²) in [5, 5.41) is 2.84. The van der Waals surface area contributed by atoms with Gasteiger partial charge < -0.3 is 10.2 Å². The van der Waals surface area contributed by atoms with E-state index in [0.29, 0.717) is 19.0 Å². The normalized spacial score (nSPS) is 21.3. The molecular formula is C18H24N2O2. The van der Waals surface area contributed by atoms with Crippen LogP contribution in [0, 0.1) is 5.92 Å². The third-order valence-corrected chi connectivity index (χ3v) is 4.87. The summed E-state index contributed by atoms with van der Waals surface area (Å²) in [5.74, 6) is 0.426. The van der Waals surface area contributed by atoms with Gasteiger partial charge in [-0.3, -0.25) is 9.59 Å². The number of benzene rings is 1. The summed E-state index contributed by atoms with van der Waals surface area (Å²) in [6.45, 7) is 1.55. The summed E-state index contributed by atoms with van der Waals surface area (Å²) >= 11 is 0. The SMILES string of the molecule is O=C1CN(C(=O)C(c2ccccc2)C2CCCC2)CCCN1. The molecule has 22 heavy (non-hydrogen) atoms. The first kappa shape index (κ1) is 15.1. The van der Waals surface area contributed by atoms with Crippen LogP contribution >= 0.6 is 0 Å². The second-order valence-corrected chi connectivity index (χ2v) is 6.40. The van der Waals surface area contributed by atoms with Crippen LogP contribution in [0.5, 0.6) is 0 Å². The molecule has 1 aliphatic heterocycles. The molecule has 1 heterocycles. The van der Waals surface area contributed by atoms with E-state index < -0.39 is 0 Å². The standard InChI is InChI=1S/C18H24N2O2/c21-16-13-20(12-6-11-19-16)18(22)17(15-9-4-5-10-15)14-7-2-1-3-8-14/h1-3,7-8,15,17H,4-6,9-13H2,(H,19,21). The third kappa shape index (κ3) is 3.32. The van der Waals surface area contributed by atoms with Gasteiger partial charge >= 0.3 is 0 Å². The van der Waals surface area contributed by atoms with E-state index in [1.165, 1.54) is 12.8 Å². The molecule has 2 amide bonds. The Bertz CT molecular complexity index is 523. The van der Waals surface area contributed by atoms with Gasteiger partial charge in [-0.15, -0.1) is 0 Å². The topological polar surface area (TPSA) is 49.4 Å². The van der Waals surface area contributed by atoms with Gasteiger partial charge in [-0.2, -0.15) is 0 Å². The maximum atomic E-state index is 13.1. The van der Waals surface area contributed by atoms with Crippen molar-refractivity contribution in [2.24, 2.45) is 5.92 Å². The molecule has 2 aliphatic rings. The van der Waals surface area contributed by atoms with Crippen LogP contribution in [0.2, 0.25) is 0 Å². The second kappa shape index (κ2) is 6.95. The fourth-order valence-corrected chi connectivity index (χ4v) is 3.76. The molecule has 1 aromatic carbocycles. The first-order chi connectivity index (χ1) is 10.8. The van der Waals surface area contributed by atoms with Gasteiger partial charge in [0.25, 0.3) is 0 Å². The maximum Gasteiger partial charge on any atom is 0.239 e. The number of hydrogen-bond donors (Lipinski definition) is 1. The third-order valence-electron chi connectivity index (χ3n) is 4.87. The van der Waals surface area contributed by atoms with Crippen molar-refractivity contribution in [2.45, 2.75) is 38.0 Å². The first-order valence-electron chi connectivity index (χ1n) is 8.36. The second-order valence-electron chi connectivity index (χ2n) is 6.40. The van der Waals surface area contributed by atoms with Crippen LogP contribution in [0.15, 0.2) is 30.3 Å². The van der Waals surface area contributed by atoms with E-state index in [9.17, 15) is 9.59 Å². The van der Waals surface area contributed by atoms with Crippen LogP contribution in [0.4, 0.5) is 0 Å². The molecule has 1 atom stereocenters. The molecule has 1 saturated carbocycles. The molecule has 1 unspecified atom stereocenters. The first-order valence-corrected chi connectivity index (χ1v) is 8.36. The monoisotopic (exact) mass is 300 g/mol. The molecule has 3 rings (SSSR count). The van der Waals surface area contributed by atoms with Crippen LogP contribution in [0.1, 0.15) is 43.6 Å². The van der Waals surface area contributed by atoms with E-state index in [0.717, 1.165) is 24.8 Å². The molecule has 4 nitrogen and oxygen atoms in total. The van der Waals surface area contributed by atoms with Gasteiger partial charge in [0.15, 0.2) is 0 Å². The van der Waals surface area contributed by atoms with Gasteiger partial charge in [0.1, 0.15) is 0 Å². The summed E-state index contributed by atoms with van der Waals surface area (Å²) < 4.78 is 0. The minimum absolute atomic E-state index is 0.0379. The van der Waals surface area contributed by atoms with E-state index in [1.54, 1.807) is 4.90 Å². The van der Waals surface area contributed by atoms with E-state index in [-0.39, 0.29) is 24.3 Å². The van der Waals surface area contributed by atoms with Gasteiger partial charge in [0.05, 0.1) is 12.5 Å². The number of hydrogen-bond acceptors (Lipinski definition) is 2. The summed E-state index contributed by atoms with van der Waals surface area (Å²) in [6, 6.07) is 10.1. The van der Waals surface area contributed by atoms with Crippen LogP contribution < -0.4 is 5.32 Å². The quantitative estimate of drug-likeness (QED) is 0.931. The van der Waals surface area contributed by atoms with E-state index >= 15 is 0 Å². The van der Waals surface area contributed by atoms with Gasteiger partial charge in [-0.05, 0) is 30.7 Å². The molecule has 0 radical (unpaired) electrons. The number of carbonyl (C=O) groups is 2. The van der Waals surface area contributed by atoms with Crippen molar-refractivity contribution < 1.29 is 9.59 Å². The van der Waals surface area contributed by atoms with Crippen molar-refractivity contribution in [1.29, 1.82) is 0 Å². The minimum atomic E-state index is -0.0883. The van der Waals surface area contributed by atoms with Gasteiger partial charge in [-0.1, -0.05) is 43.2 Å². The Labute approximate surface area is 131 Å². The number of nitrogens with zero attached hydrogens (tertiary/aromatic N) is 1. The number of nitrogens with one attached hydrogen (secondary N) is 1. The highest BCUT2D eigenvalue weighted by atomic mass is 16.2. The van der Waals surface area contributed by atoms with Crippen LogP contribution in [0.3, 0.4) is 0 Å². The number of carbonyl (C=O) groups excluding carboxylic acids is 2. The van der Waals surface area contributed by atoms with E-state index in [1.807, 2.05) is 18.2 Å². The van der Waals surface area contributed by atoms with Gasteiger partial charge in [0.2, 0.25) is 11.8 Å². The van der Waals surface area contributed by atoms with Gasteiger partial charge in [-0.25, -0.2) is 0 Å². The van der Waals surface area contributed by atoms with Gasteiger partial charge in [0, 0.05) is 13.1 Å². The van der Waals surface area contributed by atoms with E-state index in [4.69, 9.17) is 0 Å². The van der Waals surface area contributed by atoms with Crippen molar-refractivity contribution in [3.05, 3.63) is 35.9 Å². The lowest BCUT2D eigenvalue weighted by molar-refractivity contribution is -0.137. The van der Waals surface area contributed by atoms with Crippen molar-refractivity contribution in [2.75, 3.05) is 19.6 Å². The molecule has 2 fully saturated rings. The lowest BCUT2D eigenvalue weighted by atomic mass is 9.83. The molecular weight excluding hydrogens is 276 g/mol. The zero-order chi connectivity index (χ0) is 15.4. The largest absolute Gasteiger partial charge is 0.354 e. The average Bonchev–Trinajstić information content (AvgIpc) is 2.96. The Morgan fingerprint density at radius 3 is 2.59 bits per heavy atom. The van der Waals surface area contributed by atoms with Crippen molar-refractivity contribution in [3.63, 3.8) is 0 Å². The Morgan fingerprint density at radius 1 is 1.14 bits per heavy atom. The highest BCUT2D eigenvalue weighted by Crippen LogP contribution is 2.38. The van der Waals surface area contributed by atoms with Crippen molar-refractivity contribution in [1.82, 2.24) is 10.2 Å². The van der Waals surface area contributed by atoms with Crippen LogP contribution in [-0.4, -0.2) is 36.3 Å². The minimum Gasteiger partial charge on any atom is -0.354 e.